The third-order valence-electron chi connectivity index (χ3n) is 2.49. The second kappa shape index (κ2) is 5.88. The van der Waals surface area contributed by atoms with E-state index in [0.29, 0.717) is 12.3 Å². The van der Waals surface area contributed by atoms with Crippen LogP contribution in [0.4, 0.5) is 0 Å². The van der Waals surface area contributed by atoms with Gasteiger partial charge in [-0.3, -0.25) is 4.79 Å². The molecule has 0 aromatic rings. The largest absolute Gasteiger partial charge is 0.375 e. The molecule has 1 saturated heterocycles. The maximum absolute atomic E-state index is 11.8. The molecular formula is C9H17NO4S2. The molecule has 7 heteroatoms. The molecule has 1 heterocycles. The van der Waals surface area contributed by atoms with E-state index in [1.54, 1.807) is 18.7 Å². The normalized spacial score (nSPS) is 22.1. The summed E-state index contributed by atoms with van der Waals surface area (Å²) in [6.07, 6.45) is 0. The smallest absolute Gasteiger partial charge is 0.249 e. The Kier molecular flexibility index (Phi) is 5.07. The molecule has 0 aromatic carbocycles. The molecule has 0 radical (unpaired) electrons. The van der Waals surface area contributed by atoms with E-state index < -0.39 is 15.2 Å². The number of sulfone groups is 1. The van der Waals surface area contributed by atoms with E-state index in [1.807, 2.05) is 0 Å². The minimum atomic E-state index is -3.21. The molecule has 5 nitrogen and oxygen atoms in total. The highest BCUT2D eigenvalue weighted by Gasteiger charge is 2.35. The Morgan fingerprint density at radius 1 is 1.56 bits per heavy atom. The molecule has 0 aromatic heterocycles. The van der Waals surface area contributed by atoms with Crippen molar-refractivity contribution < 1.29 is 17.9 Å². The van der Waals surface area contributed by atoms with Gasteiger partial charge in [0, 0.05) is 30.9 Å². The van der Waals surface area contributed by atoms with Gasteiger partial charge in [-0.05, 0) is 0 Å². The Labute approximate surface area is 100 Å². The van der Waals surface area contributed by atoms with Gasteiger partial charge in [0.2, 0.25) is 5.91 Å². The molecule has 0 spiro atoms. The molecule has 1 fully saturated rings. The Morgan fingerprint density at radius 3 is 2.81 bits per heavy atom. The first kappa shape index (κ1) is 13.8. The predicted octanol–water partition coefficient (Wildman–Crippen LogP) is -0.0310. The minimum Gasteiger partial charge on any atom is -0.375 e. The molecule has 1 unspecified atom stereocenters. The van der Waals surface area contributed by atoms with E-state index >= 15 is 0 Å². The van der Waals surface area contributed by atoms with Crippen molar-refractivity contribution >= 4 is 27.5 Å². The summed E-state index contributed by atoms with van der Waals surface area (Å²) in [5.41, 5.74) is 0. The first-order valence-corrected chi connectivity index (χ1v) is 7.97. The summed E-state index contributed by atoms with van der Waals surface area (Å²) >= 11 is 1.57. The highest BCUT2D eigenvalue weighted by Crippen LogP contribution is 2.21. The Balaban J connectivity index is 2.83. The number of nitrogens with zero attached hydrogens (tertiary/aromatic N) is 1. The predicted molar refractivity (Wildman–Crippen MR) is 64.2 cm³/mol. The molecule has 0 N–H and O–H groups in total. The fourth-order valence-electron chi connectivity index (χ4n) is 1.56. The van der Waals surface area contributed by atoms with Gasteiger partial charge in [-0.2, -0.15) is 11.8 Å². The van der Waals surface area contributed by atoms with Gasteiger partial charge in [-0.1, -0.05) is 6.92 Å². The summed E-state index contributed by atoms with van der Waals surface area (Å²) in [6.45, 7) is 2.03. The van der Waals surface area contributed by atoms with E-state index in [4.69, 9.17) is 4.74 Å². The number of amides is 1. The molecule has 1 aliphatic rings. The van der Waals surface area contributed by atoms with Gasteiger partial charge in [-0.25, -0.2) is 8.42 Å². The van der Waals surface area contributed by atoms with E-state index in [0.717, 1.165) is 5.75 Å². The highest BCUT2D eigenvalue weighted by molar-refractivity contribution is 8.01. The number of carbonyl (C=O) groups excluding carboxylic acids is 1. The Morgan fingerprint density at radius 2 is 2.25 bits per heavy atom. The number of hydrogen-bond donors (Lipinski definition) is 0. The lowest BCUT2D eigenvalue weighted by Gasteiger charge is -2.34. The van der Waals surface area contributed by atoms with Crippen LogP contribution < -0.4 is 0 Å². The van der Waals surface area contributed by atoms with Gasteiger partial charge in [0.05, 0.1) is 0 Å². The van der Waals surface area contributed by atoms with Crippen molar-refractivity contribution in [3.63, 3.8) is 0 Å². The van der Waals surface area contributed by atoms with Crippen LogP contribution in [0.25, 0.3) is 0 Å². The number of thioether (sulfide) groups is 1. The van der Waals surface area contributed by atoms with Gasteiger partial charge in [0.15, 0.2) is 9.84 Å². The van der Waals surface area contributed by atoms with E-state index in [-0.39, 0.29) is 18.3 Å². The van der Waals surface area contributed by atoms with E-state index in [9.17, 15) is 13.2 Å². The zero-order valence-corrected chi connectivity index (χ0v) is 11.1. The molecule has 1 aliphatic heterocycles. The summed E-state index contributed by atoms with van der Waals surface area (Å²) in [6, 6.07) is 0. The lowest BCUT2D eigenvalue weighted by Crippen LogP contribution is -2.51. The van der Waals surface area contributed by atoms with Gasteiger partial charge in [-0.15, -0.1) is 0 Å². The van der Waals surface area contributed by atoms with Crippen molar-refractivity contribution in [2.45, 2.75) is 12.3 Å². The van der Waals surface area contributed by atoms with Crippen LogP contribution in [0, 0.1) is 0 Å². The maximum Gasteiger partial charge on any atom is 0.249 e. The number of hydrogen-bond acceptors (Lipinski definition) is 5. The zero-order chi connectivity index (χ0) is 12.2. The molecule has 0 saturated carbocycles. The zero-order valence-electron chi connectivity index (χ0n) is 9.51. The molecule has 16 heavy (non-hydrogen) atoms. The second-order valence-corrected chi connectivity index (χ2v) is 7.10. The second-order valence-electron chi connectivity index (χ2n) is 3.50. The maximum atomic E-state index is 11.8. The lowest BCUT2D eigenvalue weighted by molar-refractivity contribution is -0.135. The summed E-state index contributed by atoms with van der Waals surface area (Å²) in [5.74, 6) is 1.07. The van der Waals surface area contributed by atoms with Crippen LogP contribution >= 0.6 is 11.8 Å². The van der Waals surface area contributed by atoms with Gasteiger partial charge >= 0.3 is 0 Å². The third-order valence-corrected chi connectivity index (χ3v) is 5.78. The van der Waals surface area contributed by atoms with Crippen LogP contribution in [0.2, 0.25) is 0 Å². The Bertz CT molecular complexity index is 341. The van der Waals surface area contributed by atoms with Gasteiger partial charge < -0.3 is 9.64 Å². The topological polar surface area (TPSA) is 63.7 Å². The average Bonchev–Trinajstić information content (AvgIpc) is 2.29. The third kappa shape index (κ3) is 3.11. The first-order valence-electron chi connectivity index (χ1n) is 5.10. The molecule has 1 amide bonds. The molecule has 1 rings (SSSR count). The molecule has 1 atom stereocenters. The van der Waals surface area contributed by atoms with E-state index in [2.05, 4.69) is 0 Å². The summed E-state index contributed by atoms with van der Waals surface area (Å²) in [7, 11) is -1.77. The van der Waals surface area contributed by atoms with Crippen molar-refractivity contribution in [3.8, 4) is 0 Å². The summed E-state index contributed by atoms with van der Waals surface area (Å²) in [5, 5.41) is -0.682. The number of methoxy groups -OCH3 is 1. The van der Waals surface area contributed by atoms with Crippen molar-refractivity contribution in [3.05, 3.63) is 0 Å². The number of ether oxygens (including phenoxy) is 1. The first-order chi connectivity index (χ1) is 7.53. The van der Waals surface area contributed by atoms with Crippen molar-refractivity contribution in [1.82, 2.24) is 4.90 Å². The van der Waals surface area contributed by atoms with Crippen LogP contribution in [-0.2, 0) is 19.4 Å². The van der Waals surface area contributed by atoms with Crippen LogP contribution in [-0.4, -0.2) is 62.1 Å². The monoisotopic (exact) mass is 267 g/mol. The average molecular weight is 267 g/mol. The standard InChI is InChI=1S/C9H17NO4S2/c1-3-16(12,13)9-7-15-5-4-10(9)8(11)6-14-2/h9H,3-7H2,1-2H3. The fraction of sp³-hybridized carbons (Fsp3) is 0.889. The van der Waals surface area contributed by atoms with Gasteiger partial charge in [0.25, 0.3) is 0 Å². The number of rotatable bonds is 4. The fourth-order valence-corrected chi connectivity index (χ4v) is 4.55. The number of carbonyl (C=O) groups is 1. The van der Waals surface area contributed by atoms with E-state index in [1.165, 1.54) is 12.0 Å². The van der Waals surface area contributed by atoms with Crippen molar-refractivity contribution in [2.75, 3.05) is 37.5 Å². The van der Waals surface area contributed by atoms with Crippen LogP contribution in [0.1, 0.15) is 6.92 Å². The van der Waals surface area contributed by atoms with Crippen LogP contribution in [0.5, 0.6) is 0 Å². The quantitative estimate of drug-likeness (QED) is 0.715. The SMILES string of the molecule is CCS(=O)(=O)C1CSCCN1C(=O)COC. The van der Waals surface area contributed by atoms with Gasteiger partial charge in [0.1, 0.15) is 12.0 Å². The van der Waals surface area contributed by atoms with Crippen molar-refractivity contribution in [2.24, 2.45) is 0 Å². The van der Waals surface area contributed by atoms with Crippen molar-refractivity contribution in [1.29, 1.82) is 0 Å². The highest BCUT2D eigenvalue weighted by atomic mass is 32.2. The van der Waals surface area contributed by atoms with Crippen LogP contribution in [0.15, 0.2) is 0 Å². The summed E-state index contributed by atoms with van der Waals surface area (Å²) < 4.78 is 28.4. The molecular weight excluding hydrogens is 250 g/mol. The Hall–Kier alpha value is -0.270. The molecule has 0 aliphatic carbocycles. The molecule has 94 valence electrons. The summed E-state index contributed by atoms with van der Waals surface area (Å²) in [4.78, 5) is 13.1. The molecule has 0 bridgehead atoms. The lowest BCUT2D eigenvalue weighted by atomic mass is 10.4. The van der Waals surface area contributed by atoms with Crippen LogP contribution in [0.3, 0.4) is 0 Å². The minimum absolute atomic E-state index is 0.0552.